The van der Waals surface area contributed by atoms with Crippen LogP contribution >= 0.6 is 0 Å². The summed E-state index contributed by atoms with van der Waals surface area (Å²) in [5.74, 6) is 0.143. The Bertz CT molecular complexity index is 634. The molecule has 1 fully saturated rings. The molecule has 1 aromatic rings. The maximum Gasteiger partial charge on any atom is 0.243 e. The summed E-state index contributed by atoms with van der Waals surface area (Å²) in [6.45, 7) is 10.5. The number of amides is 2. The van der Waals surface area contributed by atoms with Gasteiger partial charge < -0.3 is 10.6 Å². The first kappa shape index (κ1) is 20.2. The lowest BCUT2D eigenvalue weighted by Crippen LogP contribution is -2.30. The van der Waals surface area contributed by atoms with E-state index >= 15 is 0 Å². The molecule has 2 rings (SSSR count). The van der Waals surface area contributed by atoms with Gasteiger partial charge in [-0.25, -0.2) is 0 Å². The summed E-state index contributed by atoms with van der Waals surface area (Å²) in [7, 11) is 0. The minimum Gasteiger partial charge on any atom is -0.352 e. The van der Waals surface area contributed by atoms with E-state index in [1.807, 2.05) is 31.2 Å². The maximum absolute atomic E-state index is 12.5. The lowest BCUT2D eigenvalue weighted by molar-refractivity contribution is -0.125. The quantitative estimate of drug-likeness (QED) is 0.591. The molecule has 4 nitrogen and oxygen atoms in total. The fourth-order valence-electron chi connectivity index (χ4n) is 3.54. The summed E-state index contributed by atoms with van der Waals surface area (Å²) >= 11 is 0. The van der Waals surface area contributed by atoms with E-state index in [9.17, 15) is 9.59 Å². The second-order valence-corrected chi connectivity index (χ2v) is 8.19. The monoisotopic (exact) mass is 356 g/mol. The standard InChI is InChI=1S/C22H32N2O2/c1-5-20(25)24-16(2)18-10-8-17(9-11-18)15-23-21(26)19-7-6-13-22(3,4)14-12-19/h5,8-11,16,19H,1,6-7,12-15H2,2-4H3,(H,23,26)(H,24,25). The van der Waals surface area contributed by atoms with Gasteiger partial charge in [-0.3, -0.25) is 9.59 Å². The lowest BCUT2D eigenvalue weighted by atomic mass is 9.85. The number of carbonyl (C=O) groups is 2. The van der Waals surface area contributed by atoms with E-state index < -0.39 is 0 Å². The van der Waals surface area contributed by atoms with Crippen molar-refractivity contribution < 1.29 is 9.59 Å². The summed E-state index contributed by atoms with van der Waals surface area (Å²) in [5, 5.41) is 5.94. The van der Waals surface area contributed by atoms with Crippen LogP contribution in [0, 0.1) is 11.3 Å². The van der Waals surface area contributed by atoms with Crippen LogP contribution in [0.15, 0.2) is 36.9 Å². The molecule has 0 saturated heterocycles. The zero-order valence-corrected chi connectivity index (χ0v) is 16.3. The number of nitrogens with one attached hydrogen (secondary N) is 2. The largest absolute Gasteiger partial charge is 0.352 e. The van der Waals surface area contributed by atoms with Crippen molar-refractivity contribution in [2.24, 2.45) is 11.3 Å². The van der Waals surface area contributed by atoms with Gasteiger partial charge in [-0.15, -0.1) is 0 Å². The van der Waals surface area contributed by atoms with Crippen LogP contribution in [0.2, 0.25) is 0 Å². The van der Waals surface area contributed by atoms with Crippen LogP contribution in [0.1, 0.15) is 70.0 Å². The highest BCUT2D eigenvalue weighted by molar-refractivity contribution is 5.87. The Morgan fingerprint density at radius 3 is 2.58 bits per heavy atom. The molecule has 0 aliphatic heterocycles. The van der Waals surface area contributed by atoms with Crippen LogP contribution in [-0.2, 0) is 16.1 Å². The number of hydrogen-bond acceptors (Lipinski definition) is 2. The third-order valence-electron chi connectivity index (χ3n) is 5.44. The molecule has 4 heteroatoms. The van der Waals surface area contributed by atoms with Crippen molar-refractivity contribution in [2.75, 3.05) is 0 Å². The van der Waals surface area contributed by atoms with E-state index in [1.54, 1.807) is 0 Å². The Morgan fingerprint density at radius 2 is 1.92 bits per heavy atom. The normalized spacial score (nSPS) is 20.5. The average Bonchev–Trinajstić information content (AvgIpc) is 2.80. The Hall–Kier alpha value is -2.10. The molecule has 0 heterocycles. The molecule has 2 unspecified atom stereocenters. The fourth-order valence-corrected chi connectivity index (χ4v) is 3.54. The number of carbonyl (C=O) groups excluding carboxylic acids is 2. The summed E-state index contributed by atoms with van der Waals surface area (Å²) in [6, 6.07) is 7.91. The molecule has 2 N–H and O–H groups in total. The highest BCUT2D eigenvalue weighted by Crippen LogP contribution is 2.36. The first-order chi connectivity index (χ1) is 12.3. The highest BCUT2D eigenvalue weighted by Gasteiger charge is 2.27. The molecule has 142 valence electrons. The third-order valence-corrected chi connectivity index (χ3v) is 5.44. The minimum absolute atomic E-state index is 0.0708. The smallest absolute Gasteiger partial charge is 0.243 e. The van der Waals surface area contributed by atoms with Gasteiger partial charge >= 0.3 is 0 Å². The zero-order chi connectivity index (χ0) is 19.2. The molecule has 2 atom stereocenters. The Kier molecular flexibility index (Phi) is 7.01. The molecule has 0 spiro atoms. The van der Waals surface area contributed by atoms with Crippen molar-refractivity contribution in [1.82, 2.24) is 10.6 Å². The molecule has 0 bridgehead atoms. The molecule has 2 amide bonds. The minimum atomic E-state index is -0.180. The van der Waals surface area contributed by atoms with Gasteiger partial charge in [0.2, 0.25) is 11.8 Å². The van der Waals surface area contributed by atoms with Crippen molar-refractivity contribution in [2.45, 2.75) is 65.5 Å². The van der Waals surface area contributed by atoms with E-state index in [0.29, 0.717) is 12.0 Å². The van der Waals surface area contributed by atoms with Crippen LogP contribution in [0.3, 0.4) is 0 Å². The van der Waals surface area contributed by atoms with Crippen molar-refractivity contribution in [3.05, 3.63) is 48.0 Å². The fraction of sp³-hybridized carbons (Fsp3) is 0.545. The van der Waals surface area contributed by atoms with Crippen molar-refractivity contribution in [3.63, 3.8) is 0 Å². The summed E-state index contributed by atoms with van der Waals surface area (Å²) in [5.41, 5.74) is 2.46. The summed E-state index contributed by atoms with van der Waals surface area (Å²) in [4.78, 5) is 23.9. The Balaban J connectivity index is 1.84. The first-order valence-electron chi connectivity index (χ1n) is 9.60. The second-order valence-electron chi connectivity index (χ2n) is 8.19. The second kappa shape index (κ2) is 9.02. The predicted octanol–water partition coefficient (Wildman–Crippen LogP) is 4.27. The number of benzene rings is 1. The van der Waals surface area contributed by atoms with Gasteiger partial charge in [0, 0.05) is 12.5 Å². The van der Waals surface area contributed by atoms with Gasteiger partial charge in [-0.1, -0.05) is 51.1 Å². The van der Waals surface area contributed by atoms with E-state index in [0.717, 1.165) is 36.8 Å². The zero-order valence-electron chi connectivity index (χ0n) is 16.3. The van der Waals surface area contributed by atoms with E-state index in [1.165, 1.54) is 12.5 Å². The van der Waals surface area contributed by atoms with Gasteiger partial charge in [-0.2, -0.15) is 0 Å². The third kappa shape index (κ3) is 6.01. The predicted molar refractivity (Wildman–Crippen MR) is 105 cm³/mol. The van der Waals surface area contributed by atoms with Gasteiger partial charge in [-0.05, 0) is 55.2 Å². The van der Waals surface area contributed by atoms with Gasteiger partial charge in [0.25, 0.3) is 0 Å². The van der Waals surface area contributed by atoms with E-state index in [-0.39, 0.29) is 23.8 Å². The molecule has 0 radical (unpaired) electrons. The van der Waals surface area contributed by atoms with Crippen LogP contribution in [-0.4, -0.2) is 11.8 Å². The molecule has 1 aromatic carbocycles. The maximum atomic E-state index is 12.5. The van der Waals surface area contributed by atoms with Crippen molar-refractivity contribution >= 4 is 11.8 Å². The molecule has 1 saturated carbocycles. The van der Waals surface area contributed by atoms with Gasteiger partial charge in [0.15, 0.2) is 0 Å². The average molecular weight is 357 g/mol. The molecule has 0 aromatic heterocycles. The highest BCUT2D eigenvalue weighted by atomic mass is 16.2. The van der Waals surface area contributed by atoms with E-state index in [4.69, 9.17) is 0 Å². The van der Waals surface area contributed by atoms with Crippen LogP contribution < -0.4 is 10.6 Å². The molecule has 1 aliphatic rings. The topological polar surface area (TPSA) is 58.2 Å². The first-order valence-corrected chi connectivity index (χ1v) is 9.60. The van der Waals surface area contributed by atoms with Crippen LogP contribution in [0.25, 0.3) is 0 Å². The molecule has 26 heavy (non-hydrogen) atoms. The van der Waals surface area contributed by atoms with Crippen LogP contribution in [0.4, 0.5) is 0 Å². The van der Waals surface area contributed by atoms with Crippen molar-refractivity contribution in [3.8, 4) is 0 Å². The van der Waals surface area contributed by atoms with E-state index in [2.05, 4.69) is 31.1 Å². The number of hydrogen-bond donors (Lipinski definition) is 2. The molecule has 1 aliphatic carbocycles. The summed E-state index contributed by atoms with van der Waals surface area (Å²) < 4.78 is 0. The van der Waals surface area contributed by atoms with Gasteiger partial charge in [0.1, 0.15) is 0 Å². The molecular formula is C22H32N2O2. The number of rotatable bonds is 6. The summed E-state index contributed by atoms with van der Waals surface area (Å²) in [6.07, 6.45) is 6.71. The Labute approximate surface area is 157 Å². The Morgan fingerprint density at radius 1 is 1.23 bits per heavy atom. The van der Waals surface area contributed by atoms with Crippen LogP contribution in [0.5, 0.6) is 0 Å². The lowest BCUT2D eigenvalue weighted by Gasteiger charge is -2.21. The molecular weight excluding hydrogens is 324 g/mol. The van der Waals surface area contributed by atoms with Crippen molar-refractivity contribution in [1.29, 1.82) is 0 Å². The van der Waals surface area contributed by atoms with Gasteiger partial charge in [0.05, 0.1) is 6.04 Å². The SMILES string of the molecule is C=CC(=O)NC(C)c1ccc(CNC(=O)C2CCCC(C)(C)CC2)cc1.